The highest BCUT2D eigenvalue weighted by Crippen LogP contribution is 2.47. The van der Waals surface area contributed by atoms with Gasteiger partial charge in [0.15, 0.2) is 17.5 Å². The number of benzene rings is 2. The van der Waals surface area contributed by atoms with E-state index in [1.54, 1.807) is 14.2 Å². The maximum Gasteiger partial charge on any atom is 0.191 e. The largest absolute Gasteiger partial charge is 0.493 e. The molecule has 1 aliphatic rings. The lowest BCUT2D eigenvalue weighted by Crippen LogP contribution is -2.41. The summed E-state index contributed by atoms with van der Waals surface area (Å²) in [5, 5.41) is 6.87. The van der Waals surface area contributed by atoms with Crippen molar-refractivity contribution in [3.8, 4) is 11.5 Å². The van der Waals surface area contributed by atoms with Crippen LogP contribution in [0.2, 0.25) is 0 Å². The molecule has 1 aliphatic carbocycles. The number of guanidine groups is 1. The molecule has 2 aromatic rings. The molecule has 0 unspecified atom stereocenters. The first kappa shape index (κ1) is 22.3. The lowest BCUT2D eigenvalue weighted by Gasteiger charge is -2.19. The van der Waals surface area contributed by atoms with Gasteiger partial charge in [-0.1, -0.05) is 36.4 Å². The molecule has 5 nitrogen and oxygen atoms in total. The second kappa shape index (κ2) is 10.5. The Morgan fingerprint density at radius 2 is 1.71 bits per heavy atom. The molecule has 0 bridgehead atoms. The number of nitrogens with one attached hydrogen (secondary N) is 2. The normalized spacial score (nSPS) is 14.6. The Labute approximate surface area is 184 Å². The minimum Gasteiger partial charge on any atom is -0.493 e. The summed E-state index contributed by atoms with van der Waals surface area (Å²) < 4.78 is 10.7. The van der Waals surface area contributed by atoms with E-state index in [0.29, 0.717) is 6.54 Å². The van der Waals surface area contributed by atoms with Crippen molar-refractivity contribution in [1.29, 1.82) is 0 Å². The average Bonchev–Trinajstić information content (AvgIpc) is 3.51. The number of hydrogen-bond acceptors (Lipinski definition) is 3. The topological polar surface area (TPSA) is 54.9 Å². The number of halogens is 1. The van der Waals surface area contributed by atoms with Crippen molar-refractivity contribution >= 4 is 29.9 Å². The van der Waals surface area contributed by atoms with Crippen LogP contribution < -0.4 is 20.1 Å². The summed E-state index contributed by atoms with van der Waals surface area (Å²) in [4.78, 5) is 4.74. The molecule has 3 rings (SSSR count). The first-order chi connectivity index (χ1) is 13.2. The summed E-state index contributed by atoms with van der Waals surface area (Å²) in [6.45, 7) is 4.39. The van der Waals surface area contributed by atoms with Crippen LogP contribution in [-0.4, -0.2) is 33.3 Å². The van der Waals surface area contributed by atoms with Crippen LogP contribution in [0.1, 0.15) is 30.9 Å². The van der Waals surface area contributed by atoms with Crippen LogP contribution in [0.3, 0.4) is 0 Å². The molecule has 0 atom stereocenters. The summed E-state index contributed by atoms with van der Waals surface area (Å²) >= 11 is 0. The van der Waals surface area contributed by atoms with Crippen LogP contribution in [-0.2, 0) is 12.0 Å². The van der Waals surface area contributed by atoms with Gasteiger partial charge in [0, 0.05) is 18.5 Å². The van der Waals surface area contributed by atoms with Gasteiger partial charge >= 0.3 is 0 Å². The van der Waals surface area contributed by atoms with Crippen LogP contribution in [0, 0.1) is 0 Å². The molecule has 1 saturated carbocycles. The van der Waals surface area contributed by atoms with Gasteiger partial charge in [0.05, 0.1) is 20.8 Å². The number of methoxy groups -OCH3 is 2. The Morgan fingerprint density at radius 1 is 1.00 bits per heavy atom. The van der Waals surface area contributed by atoms with E-state index in [0.717, 1.165) is 36.1 Å². The summed E-state index contributed by atoms with van der Waals surface area (Å²) in [6.07, 6.45) is 2.44. The van der Waals surface area contributed by atoms with Crippen LogP contribution in [0.4, 0.5) is 0 Å². The van der Waals surface area contributed by atoms with Crippen molar-refractivity contribution in [2.45, 2.75) is 31.7 Å². The minimum absolute atomic E-state index is 0. The molecule has 2 N–H and O–H groups in total. The number of hydrogen-bond donors (Lipinski definition) is 2. The molecule has 0 amide bonds. The molecule has 0 heterocycles. The van der Waals surface area contributed by atoms with E-state index in [2.05, 4.69) is 47.9 Å². The van der Waals surface area contributed by atoms with Gasteiger partial charge in [-0.25, -0.2) is 4.99 Å². The van der Waals surface area contributed by atoms with E-state index >= 15 is 0 Å². The van der Waals surface area contributed by atoms with Gasteiger partial charge in [0.2, 0.25) is 0 Å². The maximum atomic E-state index is 5.38. The maximum absolute atomic E-state index is 5.38. The van der Waals surface area contributed by atoms with Crippen molar-refractivity contribution in [2.75, 3.05) is 27.3 Å². The molecular weight excluding hydrogens is 465 g/mol. The summed E-state index contributed by atoms with van der Waals surface area (Å²) in [5.41, 5.74) is 2.74. The SMILES string of the molecule is CCNC(=NCc1ccc(OC)c(OC)c1)NCC1(c2ccccc2)CC1.I. The van der Waals surface area contributed by atoms with E-state index in [1.807, 2.05) is 18.2 Å². The van der Waals surface area contributed by atoms with Gasteiger partial charge in [0.1, 0.15) is 0 Å². The smallest absolute Gasteiger partial charge is 0.191 e. The molecule has 28 heavy (non-hydrogen) atoms. The van der Waals surface area contributed by atoms with E-state index in [-0.39, 0.29) is 29.4 Å². The van der Waals surface area contributed by atoms with E-state index in [4.69, 9.17) is 14.5 Å². The predicted octanol–water partition coefficient (Wildman–Crippen LogP) is 4.11. The Kier molecular flexibility index (Phi) is 8.41. The molecule has 0 radical (unpaired) electrons. The number of aliphatic imine (C=N–C) groups is 1. The van der Waals surface area contributed by atoms with Crippen molar-refractivity contribution < 1.29 is 9.47 Å². The molecule has 0 spiro atoms. The number of nitrogens with zero attached hydrogens (tertiary/aromatic N) is 1. The van der Waals surface area contributed by atoms with Gasteiger partial charge in [-0.2, -0.15) is 0 Å². The lowest BCUT2D eigenvalue weighted by molar-refractivity contribution is 0.354. The summed E-state index contributed by atoms with van der Waals surface area (Å²) in [5.74, 6) is 2.30. The van der Waals surface area contributed by atoms with Crippen LogP contribution in [0.25, 0.3) is 0 Å². The van der Waals surface area contributed by atoms with Crippen LogP contribution in [0.15, 0.2) is 53.5 Å². The fraction of sp³-hybridized carbons (Fsp3) is 0.409. The predicted molar refractivity (Wildman–Crippen MR) is 125 cm³/mol. The zero-order valence-corrected chi connectivity index (χ0v) is 19.2. The Morgan fingerprint density at radius 3 is 2.32 bits per heavy atom. The Balaban J connectivity index is 0.00000280. The van der Waals surface area contributed by atoms with Gasteiger partial charge in [-0.05, 0) is 43.0 Å². The van der Waals surface area contributed by atoms with Crippen molar-refractivity contribution in [1.82, 2.24) is 10.6 Å². The highest BCUT2D eigenvalue weighted by atomic mass is 127. The van der Waals surface area contributed by atoms with Crippen LogP contribution in [0.5, 0.6) is 11.5 Å². The highest BCUT2D eigenvalue weighted by molar-refractivity contribution is 14.0. The zero-order chi connectivity index (χ0) is 19.1. The second-order valence-corrected chi connectivity index (χ2v) is 6.88. The molecule has 1 fully saturated rings. The molecule has 0 aliphatic heterocycles. The summed E-state index contributed by atoms with van der Waals surface area (Å²) in [6, 6.07) is 16.7. The first-order valence-corrected chi connectivity index (χ1v) is 9.49. The number of rotatable bonds is 8. The van der Waals surface area contributed by atoms with Gasteiger partial charge < -0.3 is 20.1 Å². The van der Waals surface area contributed by atoms with Gasteiger partial charge in [0.25, 0.3) is 0 Å². The fourth-order valence-corrected chi connectivity index (χ4v) is 3.25. The Hall–Kier alpha value is -1.96. The standard InChI is InChI=1S/C22H29N3O2.HI/c1-4-23-21(24-15-17-10-11-19(26-2)20(14-17)27-3)25-16-22(12-13-22)18-8-6-5-7-9-18;/h5-11,14H,4,12-13,15-16H2,1-3H3,(H2,23,24,25);1H. The monoisotopic (exact) mass is 495 g/mol. The third-order valence-corrected chi connectivity index (χ3v) is 5.05. The minimum atomic E-state index is 0. The lowest BCUT2D eigenvalue weighted by atomic mass is 9.96. The zero-order valence-electron chi connectivity index (χ0n) is 16.8. The quantitative estimate of drug-likeness (QED) is 0.329. The average molecular weight is 495 g/mol. The van der Waals surface area contributed by atoms with Gasteiger partial charge in [-0.3, -0.25) is 0 Å². The molecule has 0 aromatic heterocycles. The molecule has 152 valence electrons. The van der Waals surface area contributed by atoms with Crippen molar-refractivity contribution in [2.24, 2.45) is 4.99 Å². The van der Waals surface area contributed by atoms with Crippen molar-refractivity contribution in [3.05, 3.63) is 59.7 Å². The Bertz CT molecular complexity index is 777. The van der Waals surface area contributed by atoms with Crippen LogP contribution >= 0.6 is 24.0 Å². The third kappa shape index (κ3) is 5.53. The number of ether oxygens (including phenoxy) is 2. The molecule has 0 saturated heterocycles. The third-order valence-electron chi connectivity index (χ3n) is 5.05. The molecular formula is C22H30IN3O2. The highest BCUT2D eigenvalue weighted by Gasteiger charge is 2.43. The second-order valence-electron chi connectivity index (χ2n) is 6.88. The van der Waals surface area contributed by atoms with Crippen molar-refractivity contribution in [3.63, 3.8) is 0 Å². The van der Waals surface area contributed by atoms with E-state index < -0.39 is 0 Å². The fourth-order valence-electron chi connectivity index (χ4n) is 3.25. The molecule has 6 heteroatoms. The molecule has 2 aromatic carbocycles. The first-order valence-electron chi connectivity index (χ1n) is 9.49. The van der Waals surface area contributed by atoms with E-state index in [1.165, 1.54) is 18.4 Å². The summed E-state index contributed by atoms with van der Waals surface area (Å²) in [7, 11) is 3.29. The van der Waals surface area contributed by atoms with Gasteiger partial charge in [-0.15, -0.1) is 24.0 Å². The van der Waals surface area contributed by atoms with E-state index in [9.17, 15) is 0 Å².